The van der Waals surface area contributed by atoms with Crippen LogP contribution in [0.2, 0.25) is 0 Å². The molecular weight excluding hydrogens is 272 g/mol. The van der Waals surface area contributed by atoms with Crippen LogP contribution in [0.15, 0.2) is 73.4 Å². The highest BCUT2D eigenvalue weighted by Crippen LogP contribution is 2.26. The lowest BCUT2D eigenvalue weighted by molar-refractivity contribution is 1.06. The minimum atomic E-state index is 0.672. The fourth-order valence-corrected chi connectivity index (χ4v) is 2.46. The molecule has 0 aliphatic heterocycles. The number of nitrogens with zero attached hydrogens (tertiary/aromatic N) is 4. The first-order chi connectivity index (χ1) is 10.9. The molecule has 4 aromatic rings. The molecule has 4 nitrogen and oxygen atoms in total. The lowest BCUT2D eigenvalue weighted by Gasteiger charge is -2.05. The molecule has 0 spiro atoms. The molecule has 0 unspecified atom stereocenters. The Hall–Kier alpha value is -3.14. The van der Waals surface area contributed by atoms with Crippen molar-refractivity contribution in [1.82, 2.24) is 19.9 Å². The number of aromatic nitrogens is 4. The first-order valence-electron chi connectivity index (χ1n) is 6.98. The number of benzene rings is 2. The summed E-state index contributed by atoms with van der Waals surface area (Å²) in [5.41, 5.74) is 4.14. The Labute approximate surface area is 127 Å². The number of rotatable bonds is 2. The number of fused-ring (bicyclic) bond motifs is 1. The molecule has 2 aromatic carbocycles. The second kappa shape index (κ2) is 5.33. The van der Waals surface area contributed by atoms with Gasteiger partial charge in [-0.15, -0.1) is 0 Å². The van der Waals surface area contributed by atoms with Crippen molar-refractivity contribution >= 4 is 10.9 Å². The van der Waals surface area contributed by atoms with Gasteiger partial charge in [-0.25, -0.2) is 15.0 Å². The number of para-hydroxylation sites is 1. The third kappa shape index (κ3) is 2.31. The fraction of sp³-hybridized carbons (Fsp3) is 0. The Morgan fingerprint density at radius 3 is 2.36 bits per heavy atom. The van der Waals surface area contributed by atoms with Crippen LogP contribution in [0.1, 0.15) is 0 Å². The van der Waals surface area contributed by atoms with Crippen LogP contribution in [0.3, 0.4) is 0 Å². The zero-order valence-corrected chi connectivity index (χ0v) is 11.7. The summed E-state index contributed by atoms with van der Waals surface area (Å²) in [5.74, 6) is 0.672. The SMILES string of the molecule is c1cc(-c2cnc3ccccc3c2)cc(-c2ncncn2)c1. The molecule has 0 fully saturated rings. The van der Waals surface area contributed by atoms with Crippen LogP contribution in [0, 0.1) is 0 Å². The molecule has 2 heterocycles. The monoisotopic (exact) mass is 284 g/mol. The second-order valence-electron chi connectivity index (χ2n) is 4.96. The molecule has 4 heteroatoms. The maximum absolute atomic E-state index is 4.52. The van der Waals surface area contributed by atoms with Crippen molar-refractivity contribution < 1.29 is 0 Å². The van der Waals surface area contributed by atoms with E-state index in [9.17, 15) is 0 Å². The van der Waals surface area contributed by atoms with Gasteiger partial charge >= 0.3 is 0 Å². The summed E-state index contributed by atoms with van der Waals surface area (Å²) in [4.78, 5) is 16.8. The molecular formula is C18H12N4. The second-order valence-corrected chi connectivity index (χ2v) is 4.96. The molecule has 0 N–H and O–H groups in total. The maximum atomic E-state index is 4.52. The van der Waals surface area contributed by atoms with Crippen LogP contribution in [0.5, 0.6) is 0 Å². The summed E-state index contributed by atoms with van der Waals surface area (Å²) < 4.78 is 0. The number of hydrogen-bond donors (Lipinski definition) is 0. The summed E-state index contributed by atoms with van der Waals surface area (Å²) in [6.07, 6.45) is 4.91. The van der Waals surface area contributed by atoms with Crippen LogP contribution in [-0.4, -0.2) is 19.9 Å². The fourth-order valence-electron chi connectivity index (χ4n) is 2.46. The summed E-state index contributed by atoms with van der Waals surface area (Å²) in [6, 6.07) is 18.4. The summed E-state index contributed by atoms with van der Waals surface area (Å²) in [7, 11) is 0. The molecule has 2 aromatic heterocycles. The Bertz CT molecular complexity index is 935. The lowest BCUT2D eigenvalue weighted by Crippen LogP contribution is -1.89. The Morgan fingerprint density at radius 1 is 0.636 bits per heavy atom. The van der Waals surface area contributed by atoms with Gasteiger partial charge in [-0.2, -0.15) is 0 Å². The van der Waals surface area contributed by atoms with E-state index in [2.05, 4.69) is 44.2 Å². The van der Waals surface area contributed by atoms with E-state index < -0.39 is 0 Å². The van der Waals surface area contributed by atoms with Crippen molar-refractivity contribution in [2.75, 3.05) is 0 Å². The van der Waals surface area contributed by atoms with Crippen molar-refractivity contribution in [3.63, 3.8) is 0 Å². The minimum Gasteiger partial charge on any atom is -0.256 e. The van der Waals surface area contributed by atoms with E-state index in [-0.39, 0.29) is 0 Å². The molecule has 0 amide bonds. The van der Waals surface area contributed by atoms with E-state index in [1.54, 1.807) is 0 Å². The van der Waals surface area contributed by atoms with E-state index in [0.29, 0.717) is 5.82 Å². The van der Waals surface area contributed by atoms with E-state index in [4.69, 9.17) is 0 Å². The topological polar surface area (TPSA) is 51.6 Å². The lowest BCUT2D eigenvalue weighted by atomic mass is 10.0. The standard InChI is InChI=1S/C18H12N4/c1-2-7-17-14(4-1)9-16(10-20-17)13-5-3-6-15(8-13)18-21-11-19-12-22-18/h1-12H. The Balaban J connectivity index is 1.81. The van der Waals surface area contributed by atoms with Gasteiger partial charge < -0.3 is 0 Å². The molecule has 0 radical (unpaired) electrons. The third-order valence-corrected chi connectivity index (χ3v) is 3.54. The maximum Gasteiger partial charge on any atom is 0.162 e. The summed E-state index contributed by atoms with van der Waals surface area (Å²) >= 11 is 0. The van der Waals surface area contributed by atoms with Crippen molar-refractivity contribution in [1.29, 1.82) is 0 Å². The van der Waals surface area contributed by atoms with Gasteiger partial charge in [0.25, 0.3) is 0 Å². The van der Waals surface area contributed by atoms with Crippen LogP contribution in [0.4, 0.5) is 0 Å². The van der Waals surface area contributed by atoms with E-state index in [0.717, 1.165) is 27.6 Å². The normalized spacial score (nSPS) is 10.7. The summed E-state index contributed by atoms with van der Waals surface area (Å²) in [6.45, 7) is 0. The summed E-state index contributed by atoms with van der Waals surface area (Å²) in [5, 5.41) is 1.13. The van der Waals surface area contributed by atoms with E-state index >= 15 is 0 Å². The van der Waals surface area contributed by atoms with Crippen LogP contribution < -0.4 is 0 Å². The van der Waals surface area contributed by atoms with Gasteiger partial charge in [0.2, 0.25) is 0 Å². The highest BCUT2D eigenvalue weighted by atomic mass is 15.0. The van der Waals surface area contributed by atoms with Crippen LogP contribution in [0.25, 0.3) is 33.4 Å². The molecule has 4 rings (SSSR count). The van der Waals surface area contributed by atoms with Gasteiger partial charge in [0.1, 0.15) is 12.7 Å². The van der Waals surface area contributed by atoms with Gasteiger partial charge in [0.05, 0.1) is 5.52 Å². The van der Waals surface area contributed by atoms with Crippen LogP contribution >= 0.6 is 0 Å². The first-order valence-corrected chi connectivity index (χ1v) is 6.98. The van der Waals surface area contributed by atoms with Gasteiger partial charge in [-0.05, 0) is 23.8 Å². The highest BCUT2D eigenvalue weighted by molar-refractivity contribution is 5.84. The molecule has 0 saturated heterocycles. The molecule has 22 heavy (non-hydrogen) atoms. The Morgan fingerprint density at radius 2 is 1.45 bits per heavy atom. The van der Waals surface area contributed by atoms with Crippen molar-refractivity contribution in [3.05, 3.63) is 73.4 Å². The van der Waals surface area contributed by atoms with Crippen molar-refractivity contribution in [2.24, 2.45) is 0 Å². The van der Waals surface area contributed by atoms with Gasteiger partial charge in [0.15, 0.2) is 5.82 Å². The highest BCUT2D eigenvalue weighted by Gasteiger charge is 2.04. The molecule has 0 bridgehead atoms. The average molecular weight is 284 g/mol. The number of pyridine rings is 1. The predicted octanol–water partition coefficient (Wildman–Crippen LogP) is 3.75. The van der Waals surface area contributed by atoms with Crippen LogP contribution in [-0.2, 0) is 0 Å². The van der Waals surface area contributed by atoms with E-state index in [1.807, 2.05) is 36.5 Å². The molecule has 0 aliphatic rings. The zero-order valence-electron chi connectivity index (χ0n) is 11.7. The molecule has 104 valence electrons. The quantitative estimate of drug-likeness (QED) is 0.562. The average Bonchev–Trinajstić information content (AvgIpc) is 2.62. The minimum absolute atomic E-state index is 0.672. The predicted molar refractivity (Wildman–Crippen MR) is 86.0 cm³/mol. The van der Waals surface area contributed by atoms with Gasteiger partial charge in [0, 0.05) is 22.7 Å². The molecule has 0 aliphatic carbocycles. The first kappa shape index (κ1) is 12.6. The zero-order chi connectivity index (χ0) is 14.8. The van der Waals surface area contributed by atoms with Crippen molar-refractivity contribution in [2.45, 2.75) is 0 Å². The number of hydrogen-bond acceptors (Lipinski definition) is 4. The van der Waals surface area contributed by atoms with E-state index in [1.165, 1.54) is 12.7 Å². The smallest absolute Gasteiger partial charge is 0.162 e. The van der Waals surface area contributed by atoms with Gasteiger partial charge in [-0.3, -0.25) is 4.98 Å². The largest absolute Gasteiger partial charge is 0.256 e. The van der Waals surface area contributed by atoms with Crippen molar-refractivity contribution in [3.8, 4) is 22.5 Å². The molecule has 0 atom stereocenters. The Kier molecular flexibility index (Phi) is 3.05. The third-order valence-electron chi connectivity index (χ3n) is 3.54. The molecule has 0 saturated carbocycles. The van der Waals surface area contributed by atoms with Gasteiger partial charge in [-0.1, -0.05) is 36.4 Å².